The van der Waals surface area contributed by atoms with Gasteiger partial charge in [-0.15, -0.1) is 0 Å². The van der Waals surface area contributed by atoms with Crippen LogP contribution in [0.5, 0.6) is 5.75 Å². The summed E-state index contributed by atoms with van der Waals surface area (Å²) in [6.45, 7) is 0.148. The van der Waals surface area contributed by atoms with Crippen molar-refractivity contribution >= 4 is 16.9 Å². The number of hydrogen-bond donors (Lipinski definition) is 0. The van der Waals surface area contributed by atoms with Crippen LogP contribution in [0.15, 0.2) is 39.9 Å². The molecule has 2 aromatic heterocycles. The van der Waals surface area contributed by atoms with Crippen LogP contribution in [-0.4, -0.2) is 39.1 Å². The third-order valence-electron chi connectivity index (χ3n) is 4.50. The van der Waals surface area contributed by atoms with Crippen LogP contribution in [0.25, 0.3) is 11.0 Å². The Labute approximate surface area is 159 Å². The Morgan fingerprint density at radius 1 is 1.18 bits per heavy atom. The van der Waals surface area contributed by atoms with Crippen LogP contribution < -0.4 is 16.0 Å². The molecular formula is C19H19FN4O4. The van der Waals surface area contributed by atoms with E-state index < -0.39 is 23.0 Å². The Balaban J connectivity index is 1.93. The number of fused-ring (bicyclic) bond motifs is 1. The molecule has 0 aliphatic carbocycles. The number of nitrogens with zero attached hydrogens (tertiary/aromatic N) is 4. The number of methoxy groups -OCH3 is 1. The summed E-state index contributed by atoms with van der Waals surface area (Å²) in [6.07, 6.45) is 0. The summed E-state index contributed by atoms with van der Waals surface area (Å²) in [6, 6.07) is 7.35. The molecule has 8 nitrogen and oxygen atoms in total. The van der Waals surface area contributed by atoms with Gasteiger partial charge in [0.05, 0.1) is 12.5 Å². The average molecular weight is 386 g/mol. The van der Waals surface area contributed by atoms with Gasteiger partial charge in [0.15, 0.2) is 11.6 Å². The van der Waals surface area contributed by atoms with E-state index in [0.29, 0.717) is 5.56 Å². The molecule has 0 bridgehead atoms. The molecule has 3 rings (SSSR count). The highest BCUT2D eigenvalue weighted by atomic mass is 19.1. The van der Waals surface area contributed by atoms with Gasteiger partial charge in [0.2, 0.25) is 0 Å². The van der Waals surface area contributed by atoms with Crippen molar-refractivity contribution in [3.05, 3.63) is 68.2 Å². The molecule has 0 aliphatic heterocycles. The summed E-state index contributed by atoms with van der Waals surface area (Å²) >= 11 is 0. The topological polar surface area (TPSA) is 86.4 Å². The lowest BCUT2D eigenvalue weighted by molar-refractivity contribution is 0.0779. The molecule has 0 radical (unpaired) electrons. The number of pyridine rings is 1. The average Bonchev–Trinajstić information content (AvgIpc) is 2.69. The van der Waals surface area contributed by atoms with Crippen molar-refractivity contribution in [3.8, 4) is 5.75 Å². The second-order valence-corrected chi connectivity index (χ2v) is 6.40. The van der Waals surface area contributed by atoms with E-state index in [2.05, 4.69) is 4.98 Å². The summed E-state index contributed by atoms with van der Waals surface area (Å²) in [5.74, 6) is -0.821. The summed E-state index contributed by atoms with van der Waals surface area (Å²) in [4.78, 5) is 42.6. The van der Waals surface area contributed by atoms with E-state index in [4.69, 9.17) is 4.74 Å². The molecule has 0 aliphatic rings. The molecule has 1 aromatic carbocycles. The Hall–Kier alpha value is -3.49. The van der Waals surface area contributed by atoms with E-state index in [9.17, 15) is 18.8 Å². The quantitative estimate of drug-likeness (QED) is 0.669. The molecule has 0 unspecified atom stereocenters. The summed E-state index contributed by atoms with van der Waals surface area (Å²) in [5.41, 5.74) is -0.227. The van der Waals surface area contributed by atoms with Crippen molar-refractivity contribution in [1.82, 2.24) is 19.0 Å². The van der Waals surface area contributed by atoms with E-state index in [0.717, 1.165) is 4.57 Å². The molecule has 0 atom stereocenters. The van der Waals surface area contributed by atoms with Crippen molar-refractivity contribution in [3.63, 3.8) is 0 Å². The van der Waals surface area contributed by atoms with Crippen molar-refractivity contribution in [2.24, 2.45) is 14.1 Å². The third-order valence-corrected chi connectivity index (χ3v) is 4.50. The number of amides is 1. The van der Waals surface area contributed by atoms with Gasteiger partial charge in [-0.3, -0.25) is 18.7 Å². The van der Waals surface area contributed by atoms with Crippen molar-refractivity contribution < 1.29 is 13.9 Å². The summed E-state index contributed by atoms with van der Waals surface area (Å²) in [5, 5.41) is 0.237. The minimum Gasteiger partial charge on any atom is -0.494 e. The monoisotopic (exact) mass is 386 g/mol. The third kappa shape index (κ3) is 3.26. The van der Waals surface area contributed by atoms with Crippen LogP contribution in [0.1, 0.15) is 16.1 Å². The number of aryl methyl sites for hydroxylation is 1. The maximum atomic E-state index is 13.8. The first-order valence-electron chi connectivity index (χ1n) is 8.39. The molecule has 9 heteroatoms. The van der Waals surface area contributed by atoms with Crippen LogP contribution in [0.4, 0.5) is 4.39 Å². The second kappa shape index (κ2) is 7.26. The highest BCUT2D eigenvalue weighted by Crippen LogP contribution is 2.19. The number of ether oxygens (including phenoxy) is 1. The fraction of sp³-hybridized carbons (Fsp3) is 0.263. The maximum Gasteiger partial charge on any atom is 0.332 e. The normalized spacial score (nSPS) is 10.9. The predicted molar refractivity (Wildman–Crippen MR) is 101 cm³/mol. The zero-order valence-electron chi connectivity index (χ0n) is 15.9. The van der Waals surface area contributed by atoms with Crippen LogP contribution in [0, 0.1) is 5.82 Å². The smallest absolute Gasteiger partial charge is 0.332 e. The van der Waals surface area contributed by atoms with Gasteiger partial charge < -0.3 is 9.64 Å². The molecule has 3 aromatic rings. The zero-order valence-corrected chi connectivity index (χ0v) is 15.9. The van der Waals surface area contributed by atoms with Gasteiger partial charge in [-0.2, -0.15) is 0 Å². The van der Waals surface area contributed by atoms with Crippen molar-refractivity contribution in [2.75, 3.05) is 14.2 Å². The molecule has 0 N–H and O–H groups in total. The number of halogens is 1. The Kier molecular flexibility index (Phi) is 5.00. The van der Waals surface area contributed by atoms with Crippen LogP contribution in [0.3, 0.4) is 0 Å². The highest BCUT2D eigenvalue weighted by Gasteiger charge is 2.17. The van der Waals surface area contributed by atoms with Gasteiger partial charge in [0, 0.05) is 27.7 Å². The number of carbonyl (C=O) groups is 1. The Bertz CT molecular complexity index is 1200. The van der Waals surface area contributed by atoms with Gasteiger partial charge >= 0.3 is 5.69 Å². The molecule has 1 amide bonds. The van der Waals surface area contributed by atoms with Crippen LogP contribution in [-0.2, 0) is 20.6 Å². The highest BCUT2D eigenvalue weighted by molar-refractivity contribution is 5.94. The largest absolute Gasteiger partial charge is 0.494 e. The number of carbonyl (C=O) groups excluding carboxylic acids is 1. The molecule has 0 spiro atoms. The van der Waals surface area contributed by atoms with Gasteiger partial charge in [-0.25, -0.2) is 14.2 Å². The van der Waals surface area contributed by atoms with Gasteiger partial charge in [0.1, 0.15) is 11.3 Å². The summed E-state index contributed by atoms with van der Waals surface area (Å²) in [7, 11) is 5.79. The van der Waals surface area contributed by atoms with Gasteiger partial charge in [-0.05, 0) is 29.8 Å². The lowest BCUT2D eigenvalue weighted by atomic mass is 10.2. The molecule has 28 heavy (non-hydrogen) atoms. The predicted octanol–water partition coefficient (Wildman–Crippen LogP) is 1.05. The second-order valence-electron chi connectivity index (χ2n) is 6.40. The number of aromatic nitrogens is 3. The number of benzene rings is 1. The molecule has 2 heterocycles. The van der Waals surface area contributed by atoms with E-state index >= 15 is 0 Å². The molecule has 0 saturated heterocycles. The Morgan fingerprint density at radius 2 is 1.89 bits per heavy atom. The van der Waals surface area contributed by atoms with E-state index in [1.54, 1.807) is 13.1 Å². The SMILES string of the molecule is COc1ccc(CN(C)C(=O)c2ccc3c(=O)n(C)c(=O)n(C)c3n2)cc1F. The van der Waals surface area contributed by atoms with Gasteiger partial charge in [0.25, 0.3) is 11.5 Å². The fourth-order valence-corrected chi connectivity index (χ4v) is 2.92. The van der Waals surface area contributed by atoms with Gasteiger partial charge in [-0.1, -0.05) is 6.07 Å². The fourth-order valence-electron chi connectivity index (χ4n) is 2.92. The number of hydrogen-bond acceptors (Lipinski definition) is 5. The number of rotatable bonds is 4. The van der Waals surface area contributed by atoms with E-state index in [1.807, 2.05) is 0 Å². The van der Waals surface area contributed by atoms with Crippen molar-refractivity contribution in [1.29, 1.82) is 0 Å². The molecule has 0 fully saturated rings. The molecular weight excluding hydrogens is 367 g/mol. The first-order chi connectivity index (χ1) is 13.2. The van der Waals surface area contributed by atoms with Crippen LogP contribution in [0.2, 0.25) is 0 Å². The molecule has 146 valence electrons. The minimum absolute atomic E-state index is 0.0761. The van der Waals surface area contributed by atoms with E-state index in [-0.39, 0.29) is 29.0 Å². The maximum absolute atomic E-state index is 13.8. The molecule has 0 saturated carbocycles. The first kappa shape index (κ1) is 19.3. The van der Waals surface area contributed by atoms with Crippen molar-refractivity contribution in [2.45, 2.75) is 6.54 Å². The zero-order chi connectivity index (χ0) is 20.6. The van der Waals surface area contributed by atoms with Crippen LogP contribution >= 0.6 is 0 Å². The first-order valence-corrected chi connectivity index (χ1v) is 8.39. The summed E-state index contributed by atoms with van der Waals surface area (Å²) < 4.78 is 20.9. The lowest BCUT2D eigenvalue weighted by Gasteiger charge is -2.17. The Morgan fingerprint density at radius 3 is 2.54 bits per heavy atom. The minimum atomic E-state index is -0.531. The van der Waals surface area contributed by atoms with E-state index in [1.165, 1.54) is 54.9 Å². The standard InChI is InChI=1S/C19H19FN4O4/c1-22(10-11-5-8-15(28-4)13(20)9-11)18(26)14-7-6-12-16(21-14)23(2)19(27)24(3)17(12)25/h5-9H,10H2,1-4H3. The lowest BCUT2D eigenvalue weighted by Crippen LogP contribution is -2.37.